The van der Waals surface area contributed by atoms with Gasteiger partial charge in [0.05, 0.1) is 15.3 Å². The van der Waals surface area contributed by atoms with E-state index in [2.05, 4.69) is 38.8 Å². The van der Waals surface area contributed by atoms with E-state index < -0.39 is 0 Å². The minimum atomic E-state index is -0.0519. The van der Waals surface area contributed by atoms with E-state index in [-0.39, 0.29) is 11.8 Å². The van der Waals surface area contributed by atoms with Gasteiger partial charge in [-0.1, -0.05) is 23.5 Å². The molecule has 5 heterocycles. The summed E-state index contributed by atoms with van der Waals surface area (Å²) in [6, 6.07) is 13.9. The average molecular weight is 478 g/mol. The van der Waals surface area contributed by atoms with Gasteiger partial charge in [-0.15, -0.1) is 22.7 Å². The molecular weight excluding hydrogens is 458 g/mol. The molecule has 32 heavy (non-hydrogen) atoms. The van der Waals surface area contributed by atoms with Gasteiger partial charge < -0.3 is 10.2 Å². The van der Waals surface area contributed by atoms with Crippen LogP contribution >= 0.6 is 34.0 Å². The molecule has 1 aliphatic rings. The summed E-state index contributed by atoms with van der Waals surface area (Å²) in [7, 11) is 0. The molecule has 0 saturated carbocycles. The molecule has 0 aromatic carbocycles. The third kappa shape index (κ3) is 4.30. The van der Waals surface area contributed by atoms with Gasteiger partial charge in [0.15, 0.2) is 5.13 Å². The Balaban J connectivity index is 1.26. The van der Waals surface area contributed by atoms with Crippen LogP contribution in [0.1, 0.15) is 18.4 Å². The molecule has 4 aromatic rings. The van der Waals surface area contributed by atoms with Gasteiger partial charge in [0, 0.05) is 30.1 Å². The Labute approximate surface area is 197 Å². The predicted octanol–water partition coefficient (Wildman–Crippen LogP) is 5.72. The van der Waals surface area contributed by atoms with Gasteiger partial charge in [0.1, 0.15) is 17.6 Å². The third-order valence-electron chi connectivity index (χ3n) is 5.42. The molecular formula is C23H19N5OS3. The van der Waals surface area contributed by atoms with Crippen LogP contribution in [0, 0.1) is 17.2 Å². The highest BCUT2D eigenvalue weighted by Gasteiger charge is 2.27. The van der Waals surface area contributed by atoms with E-state index in [1.54, 1.807) is 34.9 Å². The van der Waals surface area contributed by atoms with E-state index in [0.29, 0.717) is 10.7 Å². The summed E-state index contributed by atoms with van der Waals surface area (Å²) in [4.78, 5) is 27.7. The molecule has 0 atom stereocenters. The van der Waals surface area contributed by atoms with Crippen molar-refractivity contribution in [3.05, 3.63) is 58.9 Å². The Hall–Kier alpha value is -3.06. The molecule has 0 spiro atoms. The van der Waals surface area contributed by atoms with E-state index in [9.17, 15) is 4.79 Å². The first-order valence-electron chi connectivity index (χ1n) is 10.2. The summed E-state index contributed by atoms with van der Waals surface area (Å²) in [5.74, 6) is 0.828. The minimum absolute atomic E-state index is 0.0293. The molecule has 1 N–H and O–H groups in total. The number of carbonyl (C=O) groups excluding carboxylic acids is 1. The lowest BCUT2D eigenvalue weighted by molar-refractivity contribution is -0.120. The van der Waals surface area contributed by atoms with Gasteiger partial charge in [-0.05, 0) is 47.9 Å². The highest BCUT2D eigenvalue weighted by molar-refractivity contribution is 7.24. The molecule has 0 bridgehead atoms. The molecule has 4 aromatic heterocycles. The van der Waals surface area contributed by atoms with Gasteiger partial charge >= 0.3 is 0 Å². The molecule has 160 valence electrons. The number of thiazole rings is 1. The van der Waals surface area contributed by atoms with Crippen molar-refractivity contribution in [2.45, 2.75) is 12.8 Å². The van der Waals surface area contributed by atoms with Crippen LogP contribution in [-0.4, -0.2) is 29.0 Å². The predicted molar refractivity (Wildman–Crippen MR) is 131 cm³/mol. The third-order valence-corrected chi connectivity index (χ3v) is 8.32. The van der Waals surface area contributed by atoms with E-state index in [0.717, 1.165) is 52.1 Å². The molecule has 1 amide bonds. The van der Waals surface area contributed by atoms with Gasteiger partial charge in [-0.2, -0.15) is 5.26 Å². The maximum absolute atomic E-state index is 13.0. The second-order valence-electron chi connectivity index (χ2n) is 7.42. The van der Waals surface area contributed by atoms with Crippen molar-refractivity contribution in [1.82, 2.24) is 9.97 Å². The number of aromatic nitrogens is 2. The highest BCUT2D eigenvalue weighted by atomic mass is 32.1. The van der Waals surface area contributed by atoms with Crippen LogP contribution in [-0.2, 0) is 4.79 Å². The molecule has 1 fully saturated rings. The molecule has 9 heteroatoms. The summed E-state index contributed by atoms with van der Waals surface area (Å²) in [6.07, 6.45) is 3.11. The summed E-state index contributed by atoms with van der Waals surface area (Å²) in [5, 5.41) is 16.8. The zero-order valence-corrected chi connectivity index (χ0v) is 19.5. The van der Waals surface area contributed by atoms with Crippen molar-refractivity contribution in [2.24, 2.45) is 5.92 Å². The SMILES string of the molecule is N#Cc1ccc(N2CCC(C(=O)Nc3nc(-c4cccs4)c(-c4cccs4)s3)CC2)nc1. The first-order valence-corrected chi connectivity index (χ1v) is 12.8. The van der Waals surface area contributed by atoms with E-state index in [4.69, 9.17) is 10.2 Å². The number of pyridine rings is 1. The first kappa shape index (κ1) is 20.8. The number of piperidine rings is 1. The van der Waals surface area contributed by atoms with Gasteiger partial charge in [-0.3, -0.25) is 4.79 Å². The van der Waals surface area contributed by atoms with Crippen LogP contribution in [0.2, 0.25) is 0 Å². The fourth-order valence-corrected chi connectivity index (χ4v) is 6.37. The van der Waals surface area contributed by atoms with Crippen molar-refractivity contribution in [3.63, 3.8) is 0 Å². The maximum Gasteiger partial charge on any atom is 0.229 e. The van der Waals surface area contributed by atoms with E-state index >= 15 is 0 Å². The second kappa shape index (κ2) is 9.20. The number of rotatable bonds is 5. The van der Waals surface area contributed by atoms with Crippen LogP contribution in [0.15, 0.2) is 53.4 Å². The largest absolute Gasteiger partial charge is 0.357 e. The zero-order chi connectivity index (χ0) is 21.9. The number of nitrogens with zero attached hydrogens (tertiary/aromatic N) is 4. The van der Waals surface area contributed by atoms with Crippen LogP contribution in [0.3, 0.4) is 0 Å². The topological polar surface area (TPSA) is 81.9 Å². The van der Waals surface area contributed by atoms with Gasteiger partial charge in [0.25, 0.3) is 0 Å². The molecule has 6 nitrogen and oxygen atoms in total. The van der Waals surface area contributed by atoms with Crippen molar-refractivity contribution in [2.75, 3.05) is 23.3 Å². The van der Waals surface area contributed by atoms with Crippen molar-refractivity contribution in [3.8, 4) is 26.4 Å². The number of thiophene rings is 2. The van der Waals surface area contributed by atoms with Crippen LogP contribution in [0.4, 0.5) is 10.9 Å². The number of nitrogens with one attached hydrogen (secondary N) is 1. The van der Waals surface area contributed by atoms with Crippen LogP contribution in [0.5, 0.6) is 0 Å². The molecule has 1 aliphatic heterocycles. The number of amides is 1. The Kier molecular flexibility index (Phi) is 5.99. The monoisotopic (exact) mass is 477 g/mol. The Bertz CT molecular complexity index is 1180. The minimum Gasteiger partial charge on any atom is -0.357 e. The van der Waals surface area contributed by atoms with E-state index in [1.165, 1.54) is 11.3 Å². The number of nitriles is 1. The Morgan fingerprint density at radius 3 is 2.47 bits per heavy atom. The summed E-state index contributed by atoms with van der Waals surface area (Å²) in [5.41, 5.74) is 1.49. The molecule has 5 rings (SSSR count). The van der Waals surface area contributed by atoms with Crippen molar-refractivity contribution in [1.29, 1.82) is 5.26 Å². The van der Waals surface area contributed by atoms with Crippen molar-refractivity contribution >= 4 is 50.9 Å². The number of carbonyl (C=O) groups is 1. The van der Waals surface area contributed by atoms with Crippen LogP contribution < -0.4 is 10.2 Å². The summed E-state index contributed by atoms with van der Waals surface area (Å²) < 4.78 is 0. The Morgan fingerprint density at radius 1 is 1.09 bits per heavy atom. The van der Waals surface area contributed by atoms with Gasteiger partial charge in [0.2, 0.25) is 5.91 Å². The van der Waals surface area contributed by atoms with E-state index in [1.807, 2.05) is 23.6 Å². The number of hydrogen-bond donors (Lipinski definition) is 1. The van der Waals surface area contributed by atoms with Crippen LogP contribution in [0.25, 0.3) is 20.3 Å². The smallest absolute Gasteiger partial charge is 0.229 e. The second-order valence-corrected chi connectivity index (χ2v) is 10.3. The lowest BCUT2D eigenvalue weighted by atomic mass is 9.96. The maximum atomic E-state index is 13.0. The first-order chi connectivity index (χ1) is 15.7. The van der Waals surface area contributed by atoms with Gasteiger partial charge in [-0.25, -0.2) is 9.97 Å². The van der Waals surface area contributed by atoms with Crippen molar-refractivity contribution < 1.29 is 4.79 Å². The lowest BCUT2D eigenvalue weighted by Crippen LogP contribution is -2.38. The zero-order valence-electron chi connectivity index (χ0n) is 17.0. The average Bonchev–Trinajstić information content (AvgIpc) is 3.60. The number of hydrogen-bond acceptors (Lipinski definition) is 8. The fraction of sp³-hybridized carbons (Fsp3) is 0.217. The molecule has 0 aliphatic carbocycles. The standard InChI is InChI=1S/C23H19N5OS3/c24-13-15-5-6-19(25-14-15)28-9-7-16(8-10-28)22(29)27-23-26-20(17-3-1-11-30-17)21(32-23)18-4-2-12-31-18/h1-6,11-12,14,16H,7-10H2,(H,26,27,29). The lowest BCUT2D eigenvalue weighted by Gasteiger charge is -2.31. The quantitative estimate of drug-likeness (QED) is 0.397. The molecule has 1 saturated heterocycles. The summed E-state index contributed by atoms with van der Waals surface area (Å²) in [6.45, 7) is 1.52. The Morgan fingerprint density at radius 2 is 1.84 bits per heavy atom. The molecule has 0 radical (unpaired) electrons. The highest BCUT2D eigenvalue weighted by Crippen LogP contribution is 2.42. The molecule has 0 unspecified atom stereocenters. The fourth-order valence-electron chi connectivity index (χ4n) is 3.75. The normalized spacial score (nSPS) is 14.3. The number of anilines is 2. The summed E-state index contributed by atoms with van der Waals surface area (Å²) >= 11 is 4.87.